The summed E-state index contributed by atoms with van der Waals surface area (Å²) in [4.78, 5) is 24.0. The number of carbonyl (C=O) groups is 1. The number of ether oxygens (including phenoxy) is 1. The first-order valence-electron chi connectivity index (χ1n) is 9.00. The molecule has 0 saturated carbocycles. The number of hydrogen-bond donors (Lipinski definition) is 1. The van der Waals surface area contributed by atoms with Gasteiger partial charge in [0.05, 0.1) is 24.6 Å². The number of benzene rings is 1. The Morgan fingerprint density at radius 2 is 2.00 bits per heavy atom. The standard InChI is InChI=1S/C18H21N7O3S/c1-3-28-14-6-4-13(5-7-14)15-8-9-17(27)25(21-15)11-10-19-16(26)12-29-18-20-22-23-24(18)2/h4-9H,3,10-12H2,1-2H3,(H,19,26). The molecule has 10 nitrogen and oxygen atoms in total. The van der Waals surface area contributed by atoms with Gasteiger partial charge in [-0.2, -0.15) is 5.10 Å². The van der Waals surface area contributed by atoms with Crippen LogP contribution in [0.2, 0.25) is 0 Å². The Morgan fingerprint density at radius 1 is 1.21 bits per heavy atom. The van der Waals surface area contributed by atoms with Gasteiger partial charge in [-0.15, -0.1) is 5.10 Å². The van der Waals surface area contributed by atoms with Crippen LogP contribution >= 0.6 is 11.8 Å². The van der Waals surface area contributed by atoms with Crippen molar-refractivity contribution in [3.8, 4) is 17.0 Å². The van der Waals surface area contributed by atoms with E-state index in [2.05, 4.69) is 25.9 Å². The SMILES string of the molecule is CCOc1ccc(-c2ccc(=O)n(CCNC(=O)CSc3nnnn3C)n2)cc1. The van der Waals surface area contributed by atoms with Crippen molar-refractivity contribution in [1.29, 1.82) is 0 Å². The van der Waals surface area contributed by atoms with Crippen LogP contribution in [0.3, 0.4) is 0 Å². The van der Waals surface area contributed by atoms with Crippen LogP contribution in [-0.4, -0.2) is 54.8 Å². The number of nitrogens with one attached hydrogen (secondary N) is 1. The molecule has 0 spiro atoms. The molecule has 29 heavy (non-hydrogen) atoms. The fraction of sp³-hybridized carbons (Fsp3) is 0.333. The molecular weight excluding hydrogens is 394 g/mol. The van der Waals surface area contributed by atoms with Gasteiger partial charge in [0.1, 0.15) is 5.75 Å². The van der Waals surface area contributed by atoms with Gasteiger partial charge in [-0.05, 0) is 47.7 Å². The van der Waals surface area contributed by atoms with Crippen molar-refractivity contribution in [3.05, 3.63) is 46.8 Å². The van der Waals surface area contributed by atoms with Crippen molar-refractivity contribution < 1.29 is 9.53 Å². The van der Waals surface area contributed by atoms with Gasteiger partial charge in [-0.25, -0.2) is 9.36 Å². The average molecular weight is 415 g/mol. The number of nitrogens with zero attached hydrogens (tertiary/aromatic N) is 6. The van der Waals surface area contributed by atoms with Crippen LogP contribution in [0.4, 0.5) is 0 Å². The van der Waals surface area contributed by atoms with E-state index in [4.69, 9.17) is 4.74 Å². The van der Waals surface area contributed by atoms with E-state index in [9.17, 15) is 9.59 Å². The van der Waals surface area contributed by atoms with E-state index in [1.54, 1.807) is 13.1 Å². The molecule has 2 heterocycles. The summed E-state index contributed by atoms with van der Waals surface area (Å²) in [5.74, 6) is 0.791. The molecule has 0 aliphatic heterocycles. The highest BCUT2D eigenvalue weighted by Crippen LogP contribution is 2.19. The van der Waals surface area contributed by atoms with E-state index < -0.39 is 0 Å². The first-order chi connectivity index (χ1) is 14.1. The van der Waals surface area contributed by atoms with E-state index in [1.807, 2.05) is 31.2 Å². The summed E-state index contributed by atoms with van der Waals surface area (Å²) in [5, 5.41) is 18.7. The van der Waals surface area contributed by atoms with Crippen LogP contribution in [0.1, 0.15) is 6.92 Å². The minimum absolute atomic E-state index is 0.172. The molecule has 0 unspecified atom stereocenters. The Balaban J connectivity index is 1.55. The molecule has 0 fully saturated rings. The van der Waals surface area contributed by atoms with Crippen LogP contribution in [0.5, 0.6) is 5.75 Å². The molecule has 1 aromatic carbocycles. The number of aryl methyl sites for hydroxylation is 1. The van der Waals surface area contributed by atoms with Gasteiger partial charge in [-0.1, -0.05) is 11.8 Å². The second kappa shape index (κ2) is 9.82. The Kier molecular flexibility index (Phi) is 6.95. The fourth-order valence-electron chi connectivity index (χ4n) is 2.48. The molecule has 1 N–H and O–H groups in total. The molecule has 0 radical (unpaired) electrons. The number of thioether (sulfide) groups is 1. The molecule has 0 aliphatic rings. The zero-order valence-corrected chi connectivity index (χ0v) is 16.9. The van der Waals surface area contributed by atoms with Gasteiger partial charge >= 0.3 is 0 Å². The van der Waals surface area contributed by atoms with Gasteiger partial charge in [0.25, 0.3) is 5.56 Å². The molecular formula is C18H21N7O3S. The third-order valence-electron chi connectivity index (χ3n) is 3.89. The molecule has 3 aromatic rings. The van der Waals surface area contributed by atoms with Crippen LogP contribution < -0.4 is 15.6 Å². The van der Waals surface area contributed by atoms with Gasteiger partial charge in [0.2, 0.25) is 11.1 Å². The minimum atomic E-state index is -0.228. The normalized spacial score (nSPS) is 10.7. The topological polar surface area (TPSA) is 117 Å². The fourth-order valence-corrected chi connectivity index (χ4v) is 3.16. The average Bonchev–Trinajstić information content (AvgIpc) is 3.13. The van der Waals surface area contributed by atoms with Crippen LogP contribution in [0.15, 0.2) is 46.3 Å². The summed E-state index contributed by atoms with van der Waals surface area (Å²) in [6.07, 6.45) is 0. The highest BCUT2D eigenvalue weighted by molar-refractivity contribution is 7.99. The number of carbonyl (C=O) groups excluding carboxylic acids is 1. The van der Waals surface area contributed by atoms with Crippen molar-refractivity contribution in [2.45, 2.75) is 18.6 Å². The maximum absolute atomic E-state index is 12.1. The van der Waals surface area contributed by atoms with Gasteiger partial charge in [0.15, 0.2) is 0 Å². The first kappa shape index (κ1) is 20.5. The van der Waals surface area contributed by atoms with E-state index >= 15 is 0 Å². The third-order valence-corrected chi connectivity index (χ3v) is 4.90. The monoisotopic (exact) mass is 415 g/mol. The maximum Gasteiger partial charge on any atom is 0.266 e. The van der Waals surface area contributed by atoms with Crippen molar-refractivity contribution in [1.82, 2.24) is 35.3 Å². The maximum atomic E-state index is 12.1. The Bertz CT molecular complexity index is 1020. The Morgan fingerprint density at radius 3 is 2.69 bits per heavy atom. The number of amides is 1. The second-order valence-electron chi connectivity index (χ2n) is 5.96. The summed E-state index contributed by atoms with van der Waals surface area (Å²) in [6.45, 7) is 3.08. The number of aromatic nitrogens is 6. The van der Waals surface area contributed by atoms with E-state index in [1.165, 1.54) is 27.2 Å². The lowest BCUT2D eigenvalue weighted by Gasteiger charge is -2.09. The van der Waals surface area contributed by atoms with Crippen molar-refractivity contribution in [3.63, 3.8) is 0 Å². The van der Waals surface area contributed by atoms with Crippen molar-refractivity contribution in [2.24, 2.45) is 7.05 Å². The summed E-state index contributed by atoms with van der Waals surface area (Å²) in [6, 6.07) is 10.7. The zero-order chi connectivity index (χ0) is 20.6. The Labute approximate surface area is 171 Å². The van der Waals surface area contributed by atoms with E-state index in [0.717, 1.165) is 11.3 Å². The molecule has 11 heteroatoms. The van der Waals surface area contributed by atoms with E-state index in [0.29, 0.717) is 17.5 Å². The molecule has 0 aliphatic carbocycles. The lowest BCUT2D eigenvalue weighted by atomic mass is 10.1. The third kappa shape index (κ3) is 5.64. The molecule has 0 bridgehead atoms. The Hall–Kier alpha value is -3.21. The van der Waals surface area contributed by atoms with Crippen LogP contribution in [-0.2, 0) is 18.4 Å². The first-order valence-corrected chi connectivity index (χ1v) is 9.98. The van der Waals surface area contributed by atoms with Crippen LogP contribution in [0, 0.1) is 0 Å². The lowest BCUT2D eigenvalue weighted by molar-refractivity contribution is -0.118. The van der Waals surface area contributed by atoms with Crippen molar-refractivity contribution >= 4 is 17.7 Å². The van der Waals surface area contributed by atoms with Gasteiger partial charge < -0.3 is 10.1 Å². The summed E-state index contributed by atoms with van der Waals surface area (Å²) in [5.41, 5.74) is 1.32. The quantitative estimate of drug-likeness (QED) is 0.509. The minimum Gasteiger partial charge on any atom is -0.494 e. The molecule has 0 atom stereocenters. The molecule has 2 aromatic heterocycles. The largest absolute Gasteiger partial charge is 0.494 e. The second-order valence-corrected chi connectivity index (χ2v) is 6.90. The number of hydrogen-bond acceptors (Lipinski definition) is 8. The highest BCUT2D eigenvalue weighted by Gasteiger charge is 2.08. The summed E-state index contributed by atoms with van der Waals surface area (Å²) < 4.78 is 8.27. The molecule has 1 amide bonds. The summed E-state index contributed by atoms with van der Waals surface area (Å²) >= 11 is 1.24. The molecule has 3 rings (SSSR count). The summed E-state index contributed by atoms with van der Waals surface area (Å²) in [7, 11) is 1.70. The predicted octanol–water partition coefficient (Wildman–Crippen LogP) is 0.741. The van der Waals surface area contributed by atoms with Gasteiger partial charge in [-0.3, -0.25) is 9.59 Å². The number of tetrazole rings is 1. The predicted molar refractivity (Wildman–Crippen MR) is 108 cm³/mol. The van der Waals surface area contributed by atoms with Crippen LogP contribution in [0.25, 0.3) is 11.3 Å². The zero-order valence-electron chi connectivity index (χ0n) is 16.1. The molecule has 152 valence electrons. The molecule has 0 saturated heterocycles. The van der Waals surface area contributed by atoms with E-state index in [-0.39, 0.29) is 30.3 Å². The van der Waals surface area contributed by atoms with Crippen molar-refractivity contribution in [2.75, 3.05) is 18.9 Å². The highest BCUT2D eigenvalue weighted by atomic mass is 32.2. The van der Waals surface area contributed by atoms with Gasteiger partial charge in [0, 0.05) is 25.2 Å². The smallest absolute Gasteiger partial charge is 0.266 e. The number of rotatable bonds is 9. The lowest BCUT2D eigenvalue weighted by Crippen LogP contribution is -2.32.